The summed E-state index contributed by atoms with van der Waals surface area (Å²) >= 11 is 0. The Morgan fingerprint density at radius 2 is 2.04 bits per heavy atom. The topological polar surface area (TPSA) is 111 Å². The number of nitrogens with one attached hydrogen (secondary N) is 2. The molecule has 2 aromatic rings. The van der Waals surface area contributed by atoms with Crippen molar-refractivity contribution in [1.82, 2.24) is 9.88 Å². The SMILES string of the molecule is Cn1c(=O)c(C#N)c(NC2CC(C(=O)NCC#N)C2)c2ccccc21. The predicted molar refractivity (Wildman–Crippen MR) is 92.7 cm³/mol. The first-order valence-corrected chi connectivity index (χ1v) is 7.99. The first-order valence-electron chi connectivity index (χ1n) is 7.99. The van der Waals surface area contributed by atoms with E-state index < -0.39 is 0 Å². The van der Waals surface area contributed by atoms with Crippen molar-refractivity contribution < 1.29 is 4.79 Å². The molecule has 0 unspecified atom stereocenters. The van der Waals surface area contributed by atoms with Crippen molar-refractivity contribution in [3.63, 3.8) is 0 Å². The lowest BCUT2D eigenvalue weighted by atomic mass is 9.79. The largest absolute Gasteiger partial charge is 0.380 e. The molecule has 25 heavy (non-hydrogen) atoms. The van der Waals surface area contributed by atoms with Gasteiger partial charge in [0.15, 0.2) is 0 Å². The van der Waals surface area contributed by atoms with Crippen LogP contribution in [-0.2, 0) is 11.8 Å². The zero-order chi connectivity index (χ0) is 18.0. The van der Waals surface area contributed by atoms with Crippen molar-refractivity contribution in [2.75, 3.05) is 11.9 Å². The number of anilines is 1. The average molecular weight is 335 g/mol. The minimum absolute atomic E-state index is 0.00533. The Morgan fingerprint density at radius 1 is 1.32 bits per heavy atom. The third kappa shape index (κ3) is 2.92. The molecule has 7 heteroatoms. The summed E-state index contributed by atoms with van der Waals surface area (Å²) in [5.74, 6) is -0.275. The summed E-state index contributed by atoms with van der Waals surface area (Å²) in [5.41, 5.74) is 1.02. The van der Waals surface area contributed by atoms with Crippen LogP contribution in [0, 0.1) is 28.6 Å². The molecule has 1 heterocycles. The molecule has 1 amide bonds. The molecule has 0 spiro atoms. The Labute approximate surface area is 144 Å². The smallest absolute Gasteiger partial charge is 0.270 e. The van der Waals surface area contributed by atoms with E-state index in [1.165, 1.54) is 4.57 Å². The Bertz CT molecular complexity index is 974. The van der Waals surface area contributed by atoms with E-state index >= 15 is 0 Å². The predicted octanol–water partition coefficient (Wildman–Crippen LogP) is 1.24. The zero-order valence-corrected chi connectivity index (χ0v) is 13.7. The number of nitriles is 2. The van der Waals surface area contributed by atoms with Gasteiger partial charge in [-0.05, 0) is 18.9 Å². The van der Waals surface area contributed by atoms with Crippen molar-refractivity contribution in [2.24, 2.45) is 13.0 Å². The van der Waals surface area contributed by atoms with Gasteiger partial charge in [-0.3, -0.25) is 9.59 Å². The van der Waals surface area contributed by atoms with Gasteiger partial charge in [0.25, 0.3) is 5.56 Å². The van der Waals surface area contributed by atoms with Gasteiger partial charge in [0, 0.05) is 24.4 Å². The second-order valence-corrected chi connectivity index (χ2v) is 6.13. The fourth-order valence-corrected chi connectivity index (χ4v) is 3.17. The highest BCUT2D eigenvalue weighted by atomic mass is 16.2. The van der Waals surface area contributed by atoms with Crippen LogP contribution in [0.3, 0.4) is 0 Å². The number of carbonyl (C=O) groups excluding carboxylic acids is 1. The Hall–Kier alpha value is -3.32. The molecule has 0 radical (unpaired) electrons. The first kappa shape index (κ1) is 16.5. The van der Waals surface area contributed by atoms with E-state index in [-0.39, 0.29) is 35.5 Å². The summed E-state index contributed by atoms with van der Waals surface area (Å²) in [7, 11) is 1.65. The summed E-state index contributed by atoms with van der Waals surface area (Å²) in [4.78, 5) is 24.2. The van der Waals surface area contributed by atoms with Crippen LogP contribution in [0.1, 0.15) is 18.4 Å². The van der Waals surface area contributed by atoms with Crippen LogP contribution in [0.5, 0.6) is 0 Å². The van der Waals surface area contributed by atoms with Crippen LogP contribution in [0.2, 0.25) is 0 Å². The number of hydrogen-bond donors (Lipinski definition) is 2. The maximum atomic E-state index is 12.4. The molecule has 0 saturated heterocycles. The Balaban J connectivity index is 1.85. The lowest BCUT2D eigenvalue weighted by Gasteiger charge is -2.35. The number of pyridine rings is 1. The molecule has 3 rings (SSSR count). The number of carbonyl (C=O) groups is 1. The standard InChI is InChI=1S/C18H17N5O2/c1-23-15-5-3-2-4-13(15)16(14(10-20)18(23)25)22-12-8-11(9-12)17(24)21-7-6-19/h2-5,11-12,22H,7-9H2,1H3,(H,21,24). The summed E-state index contributed by atoms with van der Waals surface area (Å²) in [6.45, 7) is 0.00533. The fraction of sp³-hybridized carbons (Fsp3) is 0.333. The van der Waals surface area contributed by atoms with Crippen LogP contribution in [0.4, 0.5) is 5.69 Å². The molecule has 1 fully saturated rings. The molecule has 1 aliphatic carbocycles. The fourth-order valence-electron chi connectivity index (χ4n) is 3.17. The van der Waals surface area contributed by atoms with E-state index in [9.17, 15) is 14.9 Å². The van der Waals surface area contributed by atoms with Gasteiger partial charge in [0.2, 0.25) is 5.91 Å². The third-order valence-corrected chi connectivity index (χ3v) is 4.61. The lowest BCUT2D eigenvalue weighted by molar-refractivity contribution is -0.127. The quantitative estimate of drug-likeness (QED) is 0.817. The number of benzene rings is 1. The number of aromatic nitrogens is 1. The minimum Gasteiger partial charge on any atom is -0.380 e. The average Bonchev–Trinajstić information content (AvgIpc) is 2.59. The van der Waals surface area contributed by atoms with E-state index in [1.54, 1.807) is 7.05 Å². The highest BCUT2D eigenvalue weighted by molar-refractivity contribution is 5.94. The van der Waals surface area contributed by atoms with E-state index in [0.29, 0.717) is 18.5 Å². The zero-order valence-electron chi connectivity index (χ0n) is 13.7. The molecule has 126 valence electrons. The van der Waals surface area contributed by atoms with Crippen molar-refractivity contribution in [2.45, 2.75) is 18.9 Å². The van der Waals surface area contributed by atoms with Gasteiger partial charge in [-0.2, -0.15) is 10.5 Å². The number of amides is 1. The number of nitrogens with zero attached hydrogens (tertiary/aromatic N) is 3. The minimum atomic E-state index is -0.341. The van der Waals surface area contributed by atoms with Gasteiger partial charge in [-0.25, -0.2) is 0 Å². The van der Waals surface area contributed by atoms with Crippen LogP contribution in [-0.4, -0.2) is 23.1 Å². The Kier molecular flexibility index (Phi) is 4.40. The van der Waals surface area contributed by atoms with Gasteiger partial charge >= 0.3 is 0 Å². The number of rotatable bonds is 4. The highest BCUT2D eigenvalue weighted by Gasteiger charge is 2.35. The van der Waals surface area contributed by atoms with Gasteiger partial charge in [-0.1, -0.05) is 18.2 Å². The maximum absolute atomic E-state index is 12.4. The van der Waals surface area contributed by atoms with Crippen molar-refractivity contribution in [3.05, 3.63) is 40.2 Å². The molecule has 2 N–H and O–H groups in total. The second kappa shape index (κ2) is 6.66. The van der Waals surface area contributed by atoms with Crippen LogP contribution >= 0.6 is 0 Å². The molecule has 7 nitrogen and oxygen atoms in total. The van der Waals surface area contributed by atoms with Crippen LogP contribution < -0.4 is 16.2 Å². The van der Waals surface area contributed by atoms with Crippen molar-refractivity contribution in [3.8, 4) is 12.1 Å². The summed E-state index contributed by atoms with van der Waals surface area (Å²) in [6.07, 6.45) is 1.21. The molecule has 0 bridgehead atoms. The molecular formula is C18H17N5O2. The number of hydrogen-bond acceptors (Lipinski definition) is 5. The lowest BCUT2D eigenvalue weighted by Crippen LogP contribution is -2.44. The van der Waals surface area contributed by atoms with Gasteiger partial charge in [0.1, 0.15) is 18.2 Å². The molecule has 1 aromatic heterocycles. The molecular weight excluding hydrogens is 318 g/mol. The van der Waals surface area contributed by atoms with Crippen molar-refractivity contribution >= 4 is 22.5 Å². The summed E-state index contributed by atoms with van der Waals surface area (Å²) in [5, 5.41) is 24.6. The summed E-state index contributed by atoms with van der Waals surface area (Å²) in [6, 6.07) is 11.3. The van der Waals surface area contributed by atoms with E-state index in [0.717, 1.165) is 10.9 Å². The van der Waals surface area contributed by atoms with E-state index in [1.807, 2.05) is 36.4 Å². The maximum Gasteiger partial charge on any atom is 0.270 e. The number of fused-ring (bicyclic) bond motifs is 1. The normalized spacial score (nSPS) is 18.7. The molecule has 1 saturated carbocycles. The second-order valence-electron chi connectivity index (χ2n) is 6.13. The van der Waals surface area contributed by atoms with E-state index in [2.05, 4.69) is 10.6 Å². The van der Waals surface area contributed by atoms with Gasteiger partial charge in [0.05, 0.1) is 17.3 Å². The number of aryl methyl sites for hydroxylation is 1. The number of para-hydroxylation sites is 1. The summed E-state index contributed by atoms with van der Waals surface area (Å²) < 4.78 is 1.47. The van der Waals surface area contributed by atoms with E-state index in [4.69, 9.17) is 5.26 Å². The Morgan fingerprint density at radius 3 is 2.72 bits per heavy atom. The van der Waals surface area contributed by atoms with Crippen molar-refractivity contribution in [1.29, 1.82) is 10.5 Å². The molecule has 1 aromatic carbocycles. The van der Waals surface area contributed by atoms with Gasteiger partial charge in [-0.15, -0.1) is 0 Å². The van der Waals surface area contributed by atoms with Crippen LogP contribution in [0.25, 0.3) is 10.9 Å². The third-order valence-electron chi connectivity index (χ3n) is 4.61. The van der Waals surface area contributed by atoms with Gasteiger partial charge < -0.3 is 15.2 Å². The molecule has 0 atom stereocenters. The first-order chi connectivity index (χ1) is 12.1. The molecule has 0 aliphatic heterocycles. The highest BCUT2D eigenvalue weighted by Crippen LogP contribution is 2.33. The van der Waals surface area contributed by atoms with Crippen LogP contribution in [0.15, 0.2) is 29.1 Å². The molecule has 1 aliphatic rings. The monoisotopic (exact) mass is 335 g/mol.